The molecule has 1 aliphatic rings. The maximum atomic E-state index is 14.0. The quantitative estimate of drug-likeness (QED) is 0.287. The number of hydrogen-bond acceptors (Lipinski definition) is 4. The largest absolute Gasteiger partial charge is 0.352 e. The molecule has 0 saturated heterocycles. The Morgan fingerprint density at radius 3 is 2.15 bits per heavy atom. The number of carbonyl (C=O) groups excluding carboxylic acids is 2. The summed E-state index contributed by atoms with van der Waals surface area (Å²) in [5, 5.41) is 4.21. The van der Waals surface area contributed by atoms with Gasteiger partial charge in [-0.15, -0.1) is 0 Å². The number of halogens is 3. The Balaban J connectivity index is 1.69. The highest BCUT2D eigenvalue weighted by Crippen LogP contribution is 2.28. The van der Waals surface area contributed by atoms with Crippen LogP contribution >= 0.6 is 34.8 Å². The number of anilines is 1. The number of benzene rings is 3. The first-order valence-electron chi connectivity index (χ1n) is 12.9. The van der Waals surface area contributed by atoms with Crippen LogP contribution in [0.15, 0.2) is 77.7 Å². The Morgan fingerprint density at radius 1 is 0.900 bits per heavy atom. The van der Waals surface area contributed by atoms with Crippen molar-refractivity contribution in [3.8, 4) is 0 Å². The maximum Gasteiger partial charge on any atom is 0.264 e. The van der Waals surface area contributed by atoms with Crippen LogP contribution in [0.3, 0.4) is 0 Å². The third-order valence-corrected chi connectivity index (χ3v) is 9.40. The van der Waals surface area contributed by atoms with Crippen LogP contribution in [-0.4, -0.2) is 43.8 Å². The molecule has 1 N–H and O–H groups in total. The average Bonchev–Trinajstić information content (AvgIpc) is 3.43. The Bertz CT molecular complexity index is 1460. The highest BCUT2D eigenvalue weighted by molar-refractivity contribution is 7.92. The number of nitrogens with zero attached hydrogens (tertiary/aromatic N) is 2. The van der Waals surface area contributed by atoms with Gasteiger partial charge in [0.25, 0.3) is 10.0 Å². The van der Waals surface area contributed by atoms with Crippen molar-refractivity contribution in [1.82, 2.24) is 10.2 Å². The van der Waals surface area contributed by atoms with Crippen molar-refractivity contribution in [2.45, 2.75) is 56.1 Å². The third kappa shape index (κ3) is 7.49. The van der Waals surface area contributed by atoms with E-state index in [1.54, 1.807) is 49.4 Å². The van der Waals surface area contributed by atoms with Gasteiger partial charge in [-0.1, -0.05) is 65.8 Å². The Hall–Kier alpha value is -2.78. The number of hydrogen-bond donors (Lipinski definition) is 1. The molecule has 11 heteroatoms. The SMILES string of the molecule is C[C@H](C(=O)NC1CCCC1)N(Cc1cccc(Cl)c1)C(=O)CN(c1cccc(Cl)c1)S(=O)(=O)c1ccc(Cl)cc1. The minimum Gasteiger partial charge on any atom is -0.352 e. The molecule has 3 aromatic carbocycles. The first-order chi connectivity index (χ1) is 19.0. The smallest absolute Gasteiger partial charge is 0.264 e. The molecule has 0 heterocycles. The van der Waals surface area contributed by atoms with E-state index in [1.807, 2.05) is 0 Å². The van der Waals surface area contributed by atoms with Crippen molar-refractivity contribution < 1.29 is 18.0 Å². The van der Waals surface area contributed by atoms with E-state index in [0.29, 0.717) is 20.6 Å². The summed E-state index contributed by atoms with van der Waals surface area (Å²) in [5.74, 6) is -0.858. The topological polar surface area (TPSA) is 86.8 Å². The number of amides is 2. The molecule has 3 aromatic rings. The number of rotatable bonds is 10. The summed E-state index contributed by atoms with van der Waals surface area (Å²) >= 11 is 18.4. The van der Waals surface area contributed by atoms with Gasteiger partial charge in [0.2, 0.25) is 11.8 Å². The average molecular weight is 623 g/mol. The highest BCUT2D eigenvalue weighted by atomic mass is 35.5. The van der Waals surface area contributed by atoms with Gasteiger partial charge in [-0.25, -0.2) is 8.42 Å². The monoisotopic (exact) mass is 621 g/mol. The van der Waals surface area contributed by atoms with Crippen LogP contribution in [0.5, 0.6) is 0 Å². The number of carbonyl (C=O) groups is 2. The van der Waals surface area contributed by atoms with Gasteiger partial charge in [-0.05, 0) is 79.9 Å². The van der Waals surface area contributed by atoms with Crippen LogP contribution < -0.4 is 9.62 Å². The Labute approximate surface area is 250 Å². The summed E-state index contributed by atoms with van der Waals surface area (Å²) in [7, 11) is -4.21. The van der Waals surface area contributed by atoms with Gasteiger partial charge in [0.1, 0.15) is 12.6 Å². The summed E-state index contributed by atoms with van der Waals surface area (Å²) in [5.41, 5.74) is 0.915. The zero-order valence-electron chi connectivity index (χ0n) is 21.9. The van der Waals surface area contributed by atoms with Crippen LogP contribution in [-0.2, 0) is 26.2 Å². The minimum absolute atomic E-state index is 0.0434. The van der Waals surface area contributed by atoms with E-state index in [2.05, 4.69) is 5.32 Å². The molecule has 0 aliphatic heterocycles. The van der Waals surface area contributed by atoms with Crippen molar-refractivity contribution >= 4 is 62.3 Å². The van der Waals surface area contributed by atoms with E-state index in [-0.39, 0.29) is 29.1 Å². The summed E-state index contributed by atoms with van der Waals surface area (Å²) in [6.07, 6.45) is 3.87. The van der Waals surface area contributed by atoms with Gasteiger partial charge in [0, 0.05) is 27.7 Å². The molecule has 1 aliphatic carbocycles. The molecule has 212 valence electrons. The molecule has 1 atom stereocenters. The van der Waals surface area contributed by atoms with Gasteiger partial charge in [0.05, 0.1) is 10.6 Å². The first kappa shape index (κ1) is 30.2. The lowest BCUT2D eigenvalue weighted by atomic mass is 10.1. The Morgan fingerprint density at radius 2 is 1.52 bits per heavy atom. The second-order valence-corrected chi connectivity index (χ2v) is 12.9. The second kappa shape index (κ2) is 13.3. The van der Waals surface area contributed by atoms with Gasteiger partial charge < -0.3 is 10.2 Å². The van der Waals surface area contributed by atoms with Crippen molar-refractivity contribution in [2.24, 2.45) is 0 Å². The Kier molecular flexibility index (Phi) is 10.0. The standard InChI is InChI=1S/C29H30Cl3N3O4S/c1-20(29(37)33-25-9-2-3-10-25)34(18-21-6-4-7-23(31)16-21)28(36)19-35(26-11-5-8-24(32)17-26)40(38,39)27-14-12-22(30)13-15-27/h4-8,11-17,20,25H,2-3,9-10,18-19H2,1H3,(H,33,37)/t20-/m1/s1. The molecule has 0 bridgehead atoms. The number of sulfonamides is 1. The van der Waals surface area contributed by atoms with Crippen LogP contribution in [0.25, 0.3) is 0 Å². The predicted octanol–water partition coefficient (Wildman–Crippen LogP) is 6.32. The highest BCUT2D eigenvalue weighted by Gasteiger charge is 2.33. The fourth-order valence-electron chi connectivity index (χ4n) is 4.70. The lowest BCUT2D eigenvalue weighted by Gasteiger charge is -2.32. The molecular formula is C29H30Cl3N3O4S. The van der Waals surface area contributed by atoms with Crippen molar-refractivity contribution in [3.63, 3.8) is 0 Å². The molecule has 1 saturated carbocycles. The van der Waals surface area contributed by atoms with Crippen LogP contribution in [0, 0.1) is 0 Å². The van der Waals surface area contributed by atoms with Gasteiger partial charge in [-0.2, -0.15) is 0 Å². The van der Waals surface area contributed by atoms with Crippen LogP contribution in [0.2, 0.25) is 15.1 Å². The molecule has 1 fully saturated rings. The fourth-order valence-corrected chi connectivity index (χ4v) is 6.63. The zero-order chi connectivity index (χ0) is 28.9. The molecule has 0 radical (unpaired) electrons. The van der Waals surface area contributed by atoms with E-state index in [9.17, 15) is 18.0 Å². The summed E-state index contributed by atoms with van der Waals surface area (Å²) in [4.78, 5) is 28.6. The predicted molar refractivity (Wildman–Crippen MR) is 159 cm³/mol. The van der Waals surface area contributed by atoms with E-state index >= 15 is 0 Å². The molecular weight excluding hydrogens is 593 g/mol. The van der Waals surface area contributed by atoms with E-state index in [4.69, 9.17) is 34.8 Å². The lowest BCUT2D eigenvalue weighted by molar-refractivity contribution is -0.139. The molecule has 4 rings (SSSR count). The maximum absolute atomic E-state index is 14.0. The van der Waals surface area contributed by atoms with E-state index in [1.165, 1.54) is 35.2 Å². The molecule has 0 unspecified atom stereocenters. The van der Waals surface area contributed by atoms with Crippen molar-refractivity contribution in [1.29, 1.82) is 0 Å². The molecule has 40 heavy (non-hydrogen) atoms. The van der Waals surface area contributed by atoms with Gasteiger partial charge in [0.15, 0.2) is 0 Å². The third-order valence-electron chi connectivity index (χ3n) is 6.89. The van der Waals surface area contributed by atoms with Crippen LogP contribution in [0.4, 0.5) is 5.69 Å². The van der Waals surface area contributed by atoms with Crippen molar-refractivity contribution in [3.05, 3.63) is 93.4 Å². The molecule has 2 amide bonds. The summed E-state index contributed by atoms with van der Waals surface area (Å²) in [6.45, 7) is 1.14. The summed E-state index contributed by atoms with van der Waals surface area (Å²) < 4.78 is 28.6. The molecule has 0 spiro atoms. The van der Waals surface area contributed by atoms with E-state index in [0.717, 1.165) is 30.0 Å². The second-order valence-electron chi connectivity index (χ2n) is 9.76. The summed E-state index contributed by atoms with van der Waals surface area (Å²) in [6, 6.07) is 18.1. The first-order valence-corrected chi connectivity index (χ1v) is 15.5. The van der Waals surface area contributed by atoms with E-state index < -0.39 is 28.5 Å². The van der Waals surface area contributed by atoms with Gasteiger partial charge >= 0.3 is 0 Å². The fraction of sp³-hybridized carbons (Fsp3) is 0.310. The van der Waals surface area contributed by atoms with Gasteiger partial charge in [-0.3, -0.25) is 13.9 Å². The molecule has 0 aromatic heterocycles. The molecule has 7 nitrogen and oxygen atoms in total. The lowest BCUT2D eigenvalue weighted by Crippen LogP contribution is -2.52. The normalized spacial score (nSPS) is 14.5. The van der Waals surface area contributed by atoms with Crippen LogP contribution in [0.1, 0.15) is 38.2 Å². The number of nitrogens with one attached hydrogen (secondary N) is 1. The van der Waals surface area contributed by atoms with Crippen molar-refractivity contribution in [2.75, 3.05) is 10.8 Å². The minimum atomic E-state index is -4.21. The zero-order valence-corrected chi connectivity index (χ0v) is 25.0.